The van der Waals surface area contributed by atoms with Gasteiger partial charge in [0.05, 0.1) is 0 Å². The van der Waals surface area contributed by atoms with Crippen molar-refractivity contribution in [1.82, 2.24) is 0 Å². The van der Waals surface area contributed by atoms with Crippen LogP contribution in [0.15, 0.2) is 0 Å². The van der Waals surface area contributed by atoms with E-state index in [1.54, 1.807) is 0 Å². The molecule has 0 amide bonds. The van der Waals surface area contributed by atoms with E-state index >= 15 is 0 Å². The monoisotopic (exact) mass is 163 g/mol. The third-order valence-corrected chi connectivity index (χ3v) is 0.272. The van der Waals surface area contributed by atoms with Crippen LogP contribution in [-0.4, -0.2) is 17.8 Å². The van der Waals surface area contributed by atoms with Crippen molar-refractivity contribution < 1.29 is 37.8 Å². The molecule has 0 spiro atoms. The minimum absolute atomic E-state index is 0. The first-order valence-electron chi connectivity index (χ1n) is 1.48. The molecule has 0 aromatic heterocycles. The van der Waals surface area contributed by atoms with E-state index in [-0.39, 0.29) is 39.3 Å². The molecule has 1 atom stereocenters. The molecule has 0 aliphatic rings. The van der Waals surface area contributed by atoms with E-state index < -0.39 is 6.10 Å². The van der Waals surface area contributed by atoms with E-state index in [1.807, 2.05) is 0 Å². The Labute approximate surface area is 63.0 Å². The molecule has 1 unspecified atom stereocenters. The fourth-order valence-corrected chi connectivity index (χ4v) is 0. The third kappa shape index (κ3) is 8.90. The van der Waals surface area contributed by atoms with Crippen LogP contribution in [0.1, 0.15) is 0 Å². The van der Waals surface area contributed by atoms with Crippen LogP contribution < -0.4 is 5.73 Å². The van der Waals surface area contributed by atoms with E-state index in [0.717, 1.165) is 0 Å². The van der Waals surface area contributed by atoms with Gasteiger partial charge in [-0.05, 0) is 6.54 Å². The zero-order valence-electron chi connectivity index (χ0n) is 3.59. The molecule has 0 aliphatic heterocycles. The molecular weight excluding hydrogens is 155 g/mol. The van der Waals surface area contributed by atoms with Gasteiger partial charge in [0.1, 0.15) is 0 Å². The average molecular weight is 163 g/mol. The Hall–Kier alpha value is 1.02. The second-order valence-electron chi connectivity index (χ2n) is 0.890. The van der Waals surface area contributed by atoms with Crippen molar-refractivity contribution in [2.24, 2.45) is 5.73 Å². The standard InChI is InChI=1S/C3H8NO.Y/c1-3(5)2-4;/h3,5H,1-2,4H2;/q-1;. The van der Waals surface area contributed by atoms with Crippen LogP contribution in [0.3, 0.4) is 0 Å². The smallest absolute Gasteiger partial charge is 0 e. The molecule has 0 saturated heterocycles. The van der Waals surface area contributed by atoms with E-state index in [9.17, 15) is 0 Å². The molecule has 0 rings (SSSR count). The molecule has 1 radical (unpaired) electrons. The van der Waals surface area contributed by atoms with Gasteiger partial charge in [-0.3, -0.25) is 0 Å². The van der Waals surface area contributed by atoms with Gasteiger partial charge in [-0.1, -0.05) is 6.10 Å². The molecular formula is C3H8NOY-. The summed E-state index contributed by atoms with van der Waals surface area (Å²) in [5.74, 6) is 0. The van der Waals surface area contributed by atoms with E-state index in [1.165, 1.54) is 0 Å². The number of hydrogen-bond acceptors (Lipinski definition) is 2. The third-order valence-electron chi connectivity index (χ3n) is 0.272. The van der Waals surface area contributed by atoms with Crippen molar-refractivity contribution in [2.45, 2.75) is 6.10 Å². The summed E-state index contributed by atoms with van der Waals surface area (Å²) in [6, 6.07) is 0. The molecule has 0 aromatic rings. The Balaban J connectivity index is 0. The Kier molecular flexibility index (Phi) is 10.1. The summed E-state index contributed by atoms with van der Waals surface area (Å²) in [4.78, 5) is 0. The molecule has 6 heavy (non-hydrogen) atoms. The molecule has 35 valence electrons. The Morgan fingerprint density at radius 3 is 2.00 bits per heavy atom. The van der Waals surface area contributed by atoms with Crippen LogP contribution >= 0.6 is 0 Å². The molecule has 0 aromatic carbocycles. The molecule has 0 aliphatic carbocycles. The summed E-state index contributed by atoms with van der Waals surface area (Å²) in [6.45, 7) is 3.44. The number of nitrogens with two attached hydrogens (primary N) is 1. The minimum Gasteiger partial charge on any atom is -0.424 e. The zero-order valence-corrected chi connectivity index (χ0v) is 6.43. The molecule has 0 saturated carbocycles. The Morgan fingerprint density at radius 2 is 2.00 bits per heavy atom. The molecule has 0 fully saturated rings. The summed E-state index contributed by atoms with van der Waals surface area (Å²) >= 11 is 0. The SMILES string of the molecule is [CH2-]C(O)CN.[Y]. The second-order valence-corrected chi connectivity index (χ2v) is 0.890. The first-order chi connectivity index (χ1) is 2.27. The van der Waals surface area contributed by atoms with Gasteiger partial charge in [-0.25, -0.2) is 0 Å². The van der Waals surface area contributed by atoms with Crippen molar-refractivity contribution in [2.75, 3.05) is 6.54 Å². The van der Waals surface area contributed by atoms with Gasteiger partial charge in [-0.2, -0.15) is 0 Å². The van der Waals surface area contributed by atoms with Gasteiger partial charge in [0.15, 0.2) is 0 Å². The summed E-state index contributed by atoms with van der Waals surface area (Å²) in [6.07, 6.45) is -0.588. The van der Waals surface area contributed by atoms with Crippen LogP contribution in [0.4, 0.5) is 0 Å². The number of rotatable bonds is 1. The van der Waals surface area contributed by atoms with E-state index in [2.05, 4.69) is 6.92 Å². The maximum Gasteiger partial charge on any atom is 0 e. The Bertz CT molecular complexity index is 24.8. The zero-order chi connectivity index (χ0) is 4.28. The topological polar surface area (TPSA) is 46.2 Å². The van der Waals surface area contributed by atoms with Crippen LogP contribution in [0.25, 0.3) is 0 Å². The molecule has 2 nitrogen and oxygen atoms in total. The molecule has 0 heterocycles. The van der Waals surface area contributed by atoms with Crippen molar-refractivity contribution in [3.8, 4) is 0 Å². The fraction of sp³-hybridized carbons (Fsp3) is 0.667. The fourth-order valence-electron chi connectivity index (χ4n) is 0. The molecule has 3 N–H and O–H groups in total. The van der Waals surface area contributed by atoms with Gasteiger partial charge < -0.3 is 17.8 Å². The maximum atomic E-state index is 8.12. The van der Waals surface area contributed by atoms with Gasteiger partial charge in [0, 0.05) is 32.7 Å². The molecule has 3 heteroatoms. The van der Waals surface area contributed by atoms with Crippen molar-refractivity contribution in [3.05, 3.63) is 6.92 Å². The summed E-state index contributed by atoms with van der Waals surface area (Å²) in [7, 11) is 0. The maximum absolute atomic E-state index is 8.12. The van der Waals surface area contributed by atoms with Crippen LogP contribution in [0.2, 0.25) is 0 Å². The van der Waals surface area contributed by atoms with Gasteiger partial charge in [0.2, 0.25) is 0 Å². The van der Waals surface area contributed by atoms with Crippen LogP contribution in [0.5, 0.6) is 0 Å². The van der Waals surface area contributed by atoms with Crippen LogP contribution in [-0.2, 0) is 32.7 Å². The van der Waals surface area contributed by atoms with Gasteiger partial charge >= 0.3 is 0 Å². The minimum atomic E-state index is -0.588. The van der Waals surface area contributed by atoms with Crippen molar-refractivity contribution >= 4 is 0 Å². The van der Waals surface area contributed by atoms with E-state index in [0.29, 0.717) is 0 Å². The van der Waals surface area contributed by atoms with E-state index in [4.69, 9.17) is 10.8 Å². The van der Waals surface area contributed by atoms with Crippen molar-refractivity contribution in [1.29, 1.82) is 0 Å². The van der Waals surface area contributed by atoms with Crippen molar-refractivity contribution in [3.63, 3.8) is 0 Å². The first-order valence-corrected chi connectivity index (χ1v) is 1.48. The number of hydrogen-bond donors (Lipinski definition) is 2. The largest absolute Gasteiger partial charge is 0.424 e. The summed E-state index contributed by atoms with van der Waals surface area (Å²) in [5, 5.41) is 8.12. The van der Waals surface area contributed by atoms with Crippen LogP contribution in [0, 0.1) is 6.92 Å². The quantitative estimate of drug-likeness (QED) is 0.494. The predicted molar refractivity (Wildman–Crippen MR) is 20.4 cm³/mol. The normalized spacial score (nSPS) is 12.5. The van der Waals surface area contributed by atoms with Gasteiger partial charge in [-0.15, -0.1) is 0 Å². The summed E-state index contributed by atoms with van der Waals surface area (Å²) in [5.41, 5.74) is 4.86. The Morgan fingerprint density at radius 1 is 1.83 bits per heavy atom. The predicted octanol–water partition coefficient (Wildman–Crippen LogP) is -0.862. The first kappa shape index (κ1) is 10.1. The second kappa shape index (κ2) is 6.02. The number of aliphatic hydroxyl groups is 1. The molecule has 0 bridgehead atoms. The van der Waals surface area contributed by atoms with Gasteiger partial charge in [0.25, 0.3) is 0 Å². The summed E-state index contributed by atoms with van der Waals surface area (Å²) < 4.78 is 0. The number of aliphatic hydroxyl groups excluding tert-OH is 1. The average Bonchev–Trinajstić information content (AvgIpc) is 1.38.